The van der Waals surface area contributed by atoms with E-state index in [-0.39, 0.29) is 5.41 Å². The van der Waals surface area contributed by atoms with Crippen molar-refractivity contribution in [1.82, 2.24) is 14.1 Å². The fraction of sp³-hybridized carbons (Fsp3) is 0.130. The van der Waals surface area contributed by atoms with Crippen LogP contribution in [0.4, 0.5) is 11.4 Å². The Morgan fingerprint density at radius 3 is 2.02 bits per heavy atom. The van der Waals surface area contributed by atoms with Crippen molar-refractivity contribution in [3.63, 3.8) is 0 Å². The number of nitrogens with zero attached hydrogens (tertiary/aromatic N) is 4. The van der Waals surface area contributed by atoms with Gasteiger partial charge in [0.05, 0.1) is 27.8 Å². The van der Waals surface area contributed by atoms with Crippen LogP contribution in [0.3, 0.4) is 0 Å². The molecule has 0 aliphatic carbocycles. The Morgan fingerprint density at radius 1 is 0.525 bits per heavy atom. The molecule has 0 spiro atoms. The zero-order valence-corrected chi connectivity index (χ0v) is 34.0. The summed E-state index contributed by atoms with van der Waals surface area (Å²) in [6.45, 7) is 11.8. The van der Waals surface area contributed by atoms with Crippen molar-refractivity contribution >= 4 is 76.5 Å². The summed E-state index contributed by atoms with van der Waals surface area (Å²) in [7, 11) is 0. The predicted octanol–water partition coefficient (Wildman–Crippen LogP) is 14.5. The molecule has 5 heteroatoms. The number of aromatic nitrogens is 3. The molecule has 0 fully saturated rings. The maximum atomic E-state index is 6.78. The van der Waals surface area contributed by atoms with E-state index in [0.717, 1.165) is 39.4 Å². The number of ether oxygens (including phenoxy) is 1. The van der Waals surface area contributed by atoms with Gasteiger partial charge in [-0.15, -0.1) is 0 Å². The average Bonchev–Trinajstić information content (AvgIpc) is 3.80. The van der Waals surface area contributed by atoms with Crippen LogP contribution in [0.25, 0.3) is 71.0 Å². The number of para-hydroxylation sites is 3. The van der Waals surface area contributed by atoms with E-state index in [2.05, 4.69) is 206 Å². The topological polar surface area (TPSA) is 35.2 Å². The standard InChI is InChI=1S/C54H44N4O/c1-34-23-25-42-40-16-6-7-17-41(40)45-20-12-22-49-53(45)57(52-35(2)13-10-19-46(52)47(42)29-34)33-56(49)37-14-11-15-38(31-37)59-39-24-26-44-43-18-8-9-21-48(43)58(50(44)32-39)51-30-36(27-28-55-51)54(3,4)5/h6-32H,33H2,1-5H3. The van der Waals surface area contributed by atoms with Gasteiger partial charge in [0.25, 0.3) is 0 Å². The number of hydrogen-bond donors (Lipinski definition) is 0. The molecular weight excluding hydrogens is 721 g/mol. The minimum atomic E-state index is -0.00304. The summed E-state index contributed by atoms with van der Waals surface area (Å²) in [5, 5.41) is 9.81. The van der Waals surface area contributed by atoms with Crippen LogP contribution >= 0.6 is 0 Å². The number of hydrogen-bond acceptors (Lipinski definition) is 3. The van der Waals surface area contributed by atoms with Crippen LogP contribution in [0.1, 0.15) is 37.5 Å². The molecule has 0 N–H and O–H groups in total. The number of anilines is 2. The van der Waals surface area contributed by atoms with Gasteiger partial charge in [-0.25, -0.2) is 4.98 Å². The van der Waals surface area contributed by atoms with E-state index in [1.165, 1.54) is 71.1 Å². The summed E-state index contributed by atoms with van der Waals surface area (Å²) in [5.41, 5.74) is 10.6. The van der Waals surface area contributed by atoms with Crippen LogP contribution in [0.5, 0.6) is 11.5 Å². The molecule has 0 radical (unpaired) electrons. The monoisotopic (exact) mass is 764 g/mol. The number of pyridine rings is 1. The third-order valence-electron chi connectivity index (χ3n) is 12.2. The zero-order chi connectivity index (χ0) is 40.0. The van der Waals surface area contributed by atoms with Gasteiger partial charge < -0.3 is 14.2 Å². The molecule has 11 rings (SSSR count). The number of aryl methyl sites for hydroxylation is 2. The molecule has 4 heterocycles. The summed E-state index contributed by atoms with van der Waals surface area (Å²) < 4.78 is 11.6. The van der Waals surface area contributed by atoms with Gasteiger partial charge in [0.1, 0.15) is 24.0 Å². The second-order valence-corrected chi connectivity index (χ2v) is 17.0. The molecule has 3 aromatic heterocycles. The van der Waals surface area contributed by atoms with Crippen LogP contribution in [-0.4, -0.2) is 14.1 Å². The number of fused-ring (bicyclic) bond motifs is 10. The van der Waals surface area contributed by atoms with Crippen LogP contribution < -0.4 is 9.64 Å². The quantitative estimate of drug-likeness (QED) is 0.179. The summed E-state index contributed by atoms with van der Waals surface area (Å²) in [6, 6.07) is 57.1. The molecule has 0 saturated carbocycles. The smallest absolute Gasteiger partial charge is 0.137 e. The van der Waals surface area contributed by atoms with Crippen molar-refractivity contribution in [1.29, 1.82) is 0 Å². The fourth-order valence-electron chi connectivity index (χ4n) is 9.36. The first kappa shape index (κ1) is 35.1. The second-order valence-electron chi connectivity index (χ2n) is 17.0. The third kappa shape index (κ3) is 5.64. The lowest BCUT2D eigenvalue weighted by atomic mass is 9.88. The van der Waals surface area contributed by atoms with E-state index >= 15 is 0 Å². The van der Waals surface area contributed by atoms with Crippen molar-refractivity contribution in [3.8, 4) is 17.3 Å². The Bertz CT molecular complexity index is 3420. The van der Waals surface area contributed by atoms with Crippen LogP contribution in [-0.2, 0) is 12.1 Å². The molecule has 0 amide bonds. The first-order valence-electron chi connectivity index (χ1n) is 20.5. The molecule has 5 nitrogen and oxygen atoms in total. The van der Waals surface area contributed by atoms with Crippen molar-refractivity contribution in [2.75, 3.05) is 4.90 Å². The molecule has 286 valence electrons. The highest BCUT2D eigenvalue weighted by atomic mass is 16.5. The van der Waals surface area contributed by atoms with Crippen molar-refractivity contribution in [2.45, 2.75) is 46.7 Å². The average molecular weight is 765 g/mol. The lowest BCUT2D eigenvalue weighted by molar-refractivity contribution is 0.483. The molecule has 10 aromatic rings. The minimum Gasteiger partial charge on any atom is -0.457 e. The van der Waals surface area contributed by atoms with Crippen molar-refractivity contribution in [3.05, 3.63) is 181 Å². The van der Waals surface area contributed by atoms with Crippen LogP contribution in [0, 0.1) is 13.8 Å². The maximum Gasteiger partial charge on any atom is 0.137 e. The molecule has 1 aliphatic rings. The van der Waals surface area contributed by atoms with Gasteiger partial charge in [0.2, 0.25) is 0 Å². The van der Waals surface area contributed by atoms with E-state index in [9.17, 15) is 0 Å². The molecular formula is C54H44N4O. The molecule has 7 aromatic carbocycles. The maximum absolute atomic E-state index is 6.78. The Labute approximate surface area is 343 Å². The van der Waals surface area contributed by atoms with Crippen molar-refractivity contribution < 1.29 is 4.74 Å². The van der Waals surface area contributed by atoms with E-state index in [1.807, 2.05) is 6.20 Å². The van der Waals surface area contributed by atoms with Gasteiger partial charge >= 0.3 is 0 Å². The summed E-state index contributed by atoms with van der Waals surface area (Å²) in [5.74, 6) is 2.45. The summed E-state index contributed by atoms with van der Waals surface area (Å²) in [4.78, 5) is 7.31. The van der Waals surface area contributed by atoms with Gasteiger partial charge in [0.15, 0.2) is 0 Å². The Hall–Kier alpha value is -7.11. The zero-order valence-electron chi connectivity index (χ0n) is 34.0. The Balaban J connectivity index is 1.06. The molecule has 1 aliphatic heterocycles. The first-order chi connectivity index (χ1) is 28.7. The summed E-state index contributed by atoms with van der Waals surface area (Å²) >= 11 is 0. The highest BCUT2D eigenvalue weighted by molar-refractivity contribution is 6.21. The number of benzene rings is 7. The third-order valence-corrected chi connectivity index (χ3v) is 12.2. The van der Waals surface area contributed by atoms with Gasteiger partial charge in [-0.05, 0) is 100 Å². The number of rotatable bonds is 4. The fourth-order valence-corrected chi connectivity index (χ4v) is 9.36. The van der Waals surface area contributed by atoms with Gasteiger partial charge in [0, 0.05) is 45.6 Å². The first-order valence-corrected chi connectivity index (χ1v) is 20.5. The Kier molecular flexibility index (Phi) is 7.86. The Morgan fingerprint density at radius 2 is 1.19 bits per heavy atom. The molecule has 0 bridgehead atoms. The molecule has 0 atom stereocenters. The lowest BCUT2D eigenvalue weighted by Gasteiger charge is -2.21. The van der Waals surface area contributed by atoms with Crippen LogP contribution in [0.15, 0.2) is 164 Å². The normalized spacial score (nSPS) is 12.7. The van der Waals surface area contributed by atoms with E-state index in [0.29, 0.717) is 6.67 Å². The highest BCUT2D eigenvalue weighted by Crippen LogP contribution is 2.44. The minimum absolute atomic E-state index is 0.00304. The van der Waals surface area contributed by atoms with Gasteiger partial charge in [-0.3, -0.25) is 4.57 Å². The SMILES string of the molecule is Cc1ccc2c3ccccc3c3cccc4c3n(c3c(C)cccc3c2c1)CN4c1cccc(Oc2ccc3c4ccccc4n(-c4cc(C(C)(C)C)ccn4)c3c2)c1. The van der Waals surface area contributed by atoms with E-state index in [1.54, 1.807) is 0 Å². The second kappa shape index (κ2) is 13.2. The van der Waals surface area contributed by atoms with E-state index in [4.69, 9.17) is 9.72 Å². The van der Waals surface area contributed by atoms with Gasteiger partial charge in [-0.1, -0.05) is 123 Å². The highest BCUT2D eigenvalue weighted by Gasteiger charge is 2.25. The predicted molar refractivity (Wildman–Crippen MR) is 247 cm³/mol. The van der Waals surface area contributed by atoms with E-state index < -0.39 is 0 Å². The summed E-state index contributed by atoms with van der Waals surface area (Å²) in [6.07, 6.45) is 1.92. The molecule has 59 heavy (non-hydrogen) atoms. The molecule has 0 unspecified atom stereocenters. The van der Waals surface area contributed by atoms with Gasteiger partial charge in [-0.2, -0.15) is 0 Å². The lowest BCUT2D eigenvalue weighted by Crippen LogP contribution is -2.14. The molecule has 0 saturated heterocycles. The largest absolute Gasteiger partial charge is 0.457 e. The van der Waals surface area contributed by atoms with Crippen molar-refractivity contribution in [2.24, 2.45) is 0 Å². The van der Waals surface area contributed by atoms with Crippen LogP contribution in [0.2, 0.25) is 0 Å².